The summed E-state index contributed by atoms with van der Waals surface area (Å²) in [7, 11) is 0. The average molecular weight is 438 g/mol. The number of halogens is 1. The maximum Gasteiger partial charge on any atom is 0.157 e. The molecule has 0 aromatic carbocycles. The van der Waals surface area contributed by atoms with Crippen molar-refractivity contribution in [2.75, 3.05) is 6.67 Å². The van der Waals surface area contributed by atoms with E-state index in [4.69, 9.17) is 0 Å². The zero-order valence-corrected chi connectivity index (χ0v) is 19.3. The van der Waals surface area contributed by atoms with Gasteiger partial charge < -0.3 is 0 Å². The molecule has 4 aliphatic rings. The molecule has 5 heteroatoms. The van der Waals surface area contributed by atoms with Crippen molar-refractivity contribution in [2.45, 2.75) is 71.3 Å². The molecule has 0 bridgehead atoms. The van der Waals surface area contributed by atoms with E-state index in [1.165, 1.54) is 38.5 Å². The van der Waals surface area contributed by atoms with Crippen LogP contribution < -0.4 is 0 Å². The average Bonchev–Trinajstić information content (AvgIpc) is 3.39. The molecule has 2 aromatic heterocycles. The molecule has 32 heavy (non-hydrogen) atoms. The van der Waals surface area contributed by atoms with E-state index in [0.29, 0.717) is 24.2 Å². The van der Waals surface area contributed by atoms with Gasteiger partial charge in [0.15, 0.2) is 5.78 Å². The number of hydrogen-bond donors (Lipinski definition) is 0. The monoisotopic (exact) mass is 437 g/mol. The van der Waals surface area contributed by atoms with Crippen molar-refractivity contribution >= 4 is 16.7 Å². The molecule has 4 nitrogen and oxygen atoms in total. The SMILES string of the molecule is CC12CCC3C4CCC(CF)CC4CCC3C1CCC2C(=O)Cn1ncc2ccncc21. The summed E-state index contributed by atoms with van der Waals surface area (Å²) in [6.07, 6.45) is 16.2. The fourth-order valence-corrected chi connectivity index (χ4v) is 8.92. The summed E-state index contributed by atoms with van der Waals surface area (Å²) in [6.45, 7) is 2.67. The minimum atomic E-state index is -0.122. The van der Waals surface area contributed by atoms with E-state index in [1.807, 2.05) is 23.1 Å². The maximum atomic E-state index is 13.6. The molecule has 4 aliphatic carbocycles. The van der Waals surface area contributed by atoms with Gasteiger partial charge in [-0.25, -0.2) is 0 Å². The molecule has 0 spiro atoms. The van der Waals surface area contributed by atoms with Gasteiger partial charge in [0.05, 0.1) is 24.6 Å². The number of Topliss-reactive ketones (excluding diaryl/α,β-unsaturated/α-hetero) is 1. The molecule has 4 saturated carbocycles. The minimum Gasteiger partial charge on any atom is -0.297 e. The highest BCUT2D eigenvalue weighted by Gasteiger charge is 2.58. The number of ketones is 1. The number of carbonyl (C=O) groups is 1. The van der Waals surface area contributed by atoms with Crippen molar-refractivity contribution in [3.8, 4) is 0 Å². The summed E-state index contributed by atoms with van der Waals surface area (Å²) in [5.41, 5.74) is 1.09. The number of pyridine rings is 1. The van der Waals surface area contributed by atoms with Crippen molar-refractivity contribution in [3.63, 3.8) is 0 Å². The summed E-state index contributed by atoms with van der Waals surface area (Å²) < 4.78 is 15.1. The summed E-state index contributed by atoms with van der Waals surface area (Å²) >= 11 is 0. The van der Waals surface area contributed by atoms with Crippen LogP contribution in [0.5, 0.6) is 0 Å². The molecule has 2 aromatic rings. The molecule has 0 radical (unpaired) electrons. The Morgan fingerprint density at radius 2 is 1.97 bits per heavy atom. The van der Waals surface area contributed by atoms with Crippen molar-refractivity contribution in [1.82, 2.24) is 14.8 Å². The predicted octanol–water partition coefficient (Wildman–Crippen LogP) is 5.85. The fraction of sp³-hybridized carbons (Fsp3) is 0.741. The van der Waals surface area contributed by atoms with E-state index in [2.05, 4.69) is 17.0 Å². The predicted molar refractivity (Wildman–Crippen MR) is 123 cm³/mol. The normalized spacial score (nSPS) is 41.1. The van der Waals surface area contributed by atoms with E-state index in [1.54, 1.807) is 6.20 Å². The second-order valence-corrected chi connectivity index (χ2v) is 11.6. The molecule has 8 unspecified atom stereocenters. The molecular weight excluding hydrogens is 401 g/mol. The summed E-state index contributed by atoms with van der Waals surface area (Å²) in [4.78, 5) is 17.8. The number of hydrogen-bond acceptors (Lipinski definition) is 3. The van der Waals surface area contributed by atoms with Gasteiger partial charge in [0, 0.05) is 17.5 Å². The Bertz CT molecular complexity index is 1000. The molecular formula is C27H36FN3O. The topological polar surface area (TPSA) is 47.8 Å². The number of nitrogens with zero attached hydrogens (tertiary/aromatic N) is 3. The Kier molecular flexibility index (Phi) is 5.15. The lowest BCUT2D eigenvalue weighted by molar-refractivity contribution is -0.131. The second kappa shape index (κ2) is 7.92. The van der Waals surface area contributed by atoms with Crippen molar-refractivity contribution in [1.29, 1.82) is 0 Å². The number of fused-ring (bicyclic) bond motifs is 6. The zero-order valence-electron chi connectivity index (χ0n) is 19.3. The van der Waals surface area contributed by atoms with Gasteiger partial charge in [0.25, 0.3) is 0 Å². The van der Waals surface area contributed by atoms with Gasteiger partial charge >= 0.3 is 0 Å². The Morgan fingerprint density at radius 3 is 2.84 bits per heavy atom. The van der Waals surface area contributed by atoms with E-state index in [9.17, 15) is 9.18 Å². The van der Waals surface area contributed by atoms with E-state index >= 15 is 0 Å². The third-order valence-corrected chi connectivity index (χ3v) is 10.4. The maximum absolute atomic E-state index is 13.6. The largest absolute Gasteiger partial charge is 0.297 e. The van der Waals surface area contributed by atoms with Crippen LogP contribution >= 0.6 is 0 Å². The van der Waals surface area contributed by atoms with Crippen LogP contribution in [0.25, 0.3) is 10.9 Å². The first-order chi connectivity index (χ1) is 15.6. The fourth-order valence-electron chi connectivity index (χ4n) is 8.92. The first-order valence-electron chi connectivity index (χ1n) is 12.9. The number of alkyl halides is 1. The van der Waals surface area contributed by atoms with Crippen LogP contribution in [0.3, 0.4) is 0 Å². The molecule has 0 N–H and O–H groups in total. The lowest BCUT2D eigenvalue weighted by Gasteiger charge is -2.56. The summed E-state index contributed by atoms with van der Waals surface area (Å²) in [5.74, 6) is 4.71. The highest BCUT2D eigenvalue weighted by atomic mass is 19.1. The molecule has 0 aliphatic heterocycles. The third kappa shape index (κ3) is 3.17. The van der Waals surface area contributed by atoms with Gasteiger partial charge in [-0.15, -0.1) is 0 Å². The lowest BCUT2D eigenvalue weighted by atomic mass is 9.49. The first kappa shape index (κ1) is 20.8. The van der Waals surface area contributed by atoms with Crippen LogP contribution in [0, 0.1) is 46.8 Å². The Morgan fingerprint density at radius 1 is 1.09 bits per heavy atom. The van der Waals surface area contributed by atoms with Crippen LogP contribution in [0.15, 0.2) is 24.7 Å². The molecule has 6 rings (SSSR count). The molecule has 8 atom stereocenters. The quantitative estimate of drug-likeness (QED) is 0.602. The van der Waals surface area contributed by atoms with E-state index < -0.39 is 0 Å². The minimum absolute atomic E-state index is 0.122. The number of rotatable bonds is 4. The van der Waals surface area contributed by atoms with Crippen LogP contribution in [0.2, 0.25) is 0 Å². The van der Waals surface area contributed by atoms with Gasteiger partial charge in [0.1, 0.15) is 6.54 Å². The van der Waals surface area contributed by atoms with Crippen molar-refractivity contribution in [2.24, 2.45) is 46.8 Å². The summed E-state index contributed by atoms with van der Waals surface area (Å²) in [6, 6.07) is 1.95. The lowest BCUT2D eigenvalue weighted by Crippen LogP contribution is -2.49. The van der Waals surface area contributed by atoms with Gasteiger partial charge in [-0.05, 0) is 105 Å². The van der Waals surface area contributed by atoms with Crippen LogP contribution in [-0.4, -0.2) is 27.2 Å². The van der Waals surface area contributed by atoms with Crippen LogP contribution in [0.1, 0.15) is 64.7 Å². The molecule has 0 saturated heterocycles. The Balaban J connectivity index is 1.19. The second-order valence-electron chi connectivity index (χ2n) is 11.6. The van der Waals surface area contributed by atoms with Gasteiger partial charge in [0.2, 0.25) is 0 Å². The highest BCUT2D eigenvalue weighted by Crippen LogP contribution is 2.64. The van der Waals surface area contributed by atoms with Crippen LogP contribution in [0.4, 0.5) is 4.39 Å². The van der Waals surface area contributed by atoms with Gasteiger partial charge in [-0.3, -0.25) is 18.9 Å². The standard InChI is InChI=1S/C27H36FN3O/c1-27-10-8-21-20-4-2-17(13-28)12-18(20)3-5-22(21)23(27)6-7-24(27)26(32)16-31-25-15-29-11-9-19(25)14-30-31/h9,11,14-15,17-18,20-24H,2-8,10,12-13,16H2,1H3. The van der Waals surface area contributed by atoms with Gasteiger partial charge in [-0.1, -0.05) is 6.92 Å². The molecule has 0 amide bonds. The number of aromatic nitrogens is 3. The highest BCUT2D eigenvalue weighted by molar-refractivity contribution is 5.84. The van der Waals surface area contributed by atoms with Crippen molar-refractivity contribution in [3.05, 3.63) is 24.7 Å². The smallest absolute Gasteiger partial charge is 0.157 e. The molecule has 2 heterocycles. The summed E-state index contributed by atoms with van der Waals surface area (Å²) in [5, 5.41) is 5.53. The van der Waals surface area contributed by atoms with E-state index in [-0.39, 0.29) is 18.0 Å². The van der Waals surface area contributed by atoms with Crippen molar-refractivity contribution < 1.29 is 9.18 Å². The first-order valence-corrected chi connectivity index (χ1v) is 12.9. The Labute approximate surface area is 190 Å². The Hall–Kier alpha value is -1.78. The molecule has 4 fully saturated rings. The molecule has 172 valence electrons. The van der Waals surface area contributed by atoms with Gasteiger partial charge in [-0.2, -0.15) is 5.10 Å². The number of carbonyl (C=O) groups excluding carboxylic acids is 1. The third-order valence-electron chi connectivity index (χ3n) is 10.4. The zero-order chi connectivity index (χ0) is 21.9. The van der Waals surface area contributed by atoms with E-state index in [0.717, 1.165) is 53.8 Å². The van der Waals surface area contributed by atoms with Crippen LogP contribution in [-0.2, 0) is 11.3 Å².